The average molecular weight is 464 g/mol. The van der Waals surface area contributed by atoms with Crippen LogP contribution in [0.15, 0.2) is 29.4 Å². The summed E-state index contributed by atoms with van der Waals surface area (Å²) in [4.78, 5) is 8.81. The zero-order chi connectivity index (χ0) is 17.3. The number of nitrogens with zero attached hydrogens (tertiary/aromatic N) is 2. The molecule has 0 saturated heterocycles. The van der Waals surface area contributed by atoms with Gasteiger partial charge < -0.3 is 20.1 Å². The molecule has 0 spiro atoms. The van der Waals surface area contributed by atoms with Gasteiger partial charge in [-0.15, -0.1) is 24.0 Å². The number of nitrogens with one attached hydrogen (secondary N) is 2. The molecule has 0 unspecified atom stereocenters. The van der Waals surface area contributed by atoms with Crippen LogP contribution in [0.5, 0.6) is 0 Å². The van der Waals surface area contributed by atoms with Crippen LogP contribution in [0.3, 0.4) is 0 Å². The zero-order valence-electron chi connectivity index (χ0n) is 15.5. The molecule has 1 heterocycles. The molecule has 0 aromatic carbocycles. The Balaban J connectivity index is 0.00000576. The van der Waals surface area contributed by atoms with Gasteiger partial charge in [0.15, 0.2) is 5.96 Å². The van der Waals surface area contributed by atoms with E-state index in [4.69, 9.17) is 9.47 Å². The van der Waals surface area contributed by atoms with E-state index in [1.807, 2.05) is 24.4 Å². The number of aromatic nitrogens is 1. The highest BCUT2D eigenvalue weighted by atomic mass is 127. The van der Waals surface area contributed by atoms with Gasteiger partial charge in [-0.3, -0.25) is 9.98 Å². The molecule has 2 N–H and O–H groups in total. The molecule has 25 heavy (non-hydrogen) atoms. The van der Waals surface area contributed by atoms with E-state index >= 15 is 0 Å². The molecule has 0 bridgehead atoms. The van der Waals surface area contributed by atoms with E-state index < -0.39 is 0 Å². The Kier molecular flexibility index (Phi) is 17.2. The molecule has 0 atom stereocenters. The maximum atomic E-state index is 5.52. The van der Waals surface area contributed by atoms with Crippen LogP contribution < -0.4 is 10.6 Å². The van der Waals surface area contributed by atoms with Crippen LogP contribution in [0.1, 0.15) is 32.4 Å². The number of halogens is 1. The number of hydrogen-bond acceptors (Lipinski definition) is 4. The van der Waals surface area contributed by atoms with E-state index in [0.29, 0.717) is 26.4 Å². The molecule has 7 heteroatoms. The number of ether oxygens (including phenoxy) is 2. The summed E-state index contributed by atoms with van der Waals surface area (Å²) in [6.07, 6.45) is 4.96. The number of unbranched alkanes of at least 4 members (excludes halogenated alkanes) is 1. The summed E-state index contributed by atoms with van der Waals surface area (Å²) >= 11 is 0. The van der Waals surface area contributed by atoms with Gasteiger partial charge in [0, 0.05) is 38.0 Å². The molecule has 144 valence electrons. The van der Waals surface area contributed by atoms with E-state index in [1.165, 1.54) is 0 Å². The maximum absolute atomic E-state index is 5.52. The Bertz CT molecular complexity index is 432. The number of pyridine rings is 1. The third-order valence-electron chi connectivity index (χ3n) is 3.26. The third-order valence-corrected chi connectivity index (χ3v) is 3.26. The van der Waals surface area contributed by atoms with Gasteiger partial charge in [-0.25, -0.2) is 0 Å². The smallest absolute Gasteiger partial charge is 0.191 e. The fourth-order valence-corrected chi connectivity index (χ4v) is 1.99. The molecule has 0 aliphatic heterocycles. The van der Waals surface area contributed by atoms with Crippen molar-refractivity contribution >= 4 is 29.9 Å². The molecule has 0 amide bonds. The van der Waals surface area contributed by atoms with Crippen molar-refractivity contribution < 1.29 is 9.47 Å². The number of guanidine groups is 1. The molecule has 0 saturated carbocycles. The maximum Gasteiger partial charge on any atom is 0.191 e. The molecule has 1 aromatic heterocycles. The van der Waals surface area contributed by atoms with Crippen molar-refractivity contribution in [2.24, 2.45) is 4.99 Å². The normalized spacial score (nSPS) is 11.0. The summed E-state index contributed by atoms with van der Waals surface area (Å²) in [7, 11) is 0. The van der Waals surface area contributed by atoms with Crippen molar-refractivity contribution in [3.63, 3.8) is 0 Å². The predicted molar refractivity (Wildman–Crippen MR) is 114 cm³/mol. The molecule has 0 aliphatic carbocycles. The number of hydrogen-bond donors (Lipinski definition) is 2. The molecule has 0 aliphatic rings. The summed E-state index contributed by atoms with van der Waals surface area (Å²) in [6, 6.07) is 5.96. The lowest BCUT2D eigenvalue weighted by Crippen LogP contribution is -2.38. The van der Waals surface area contributed by atoms with Crippen molar-refractivity contribution in [2.75, 3.05) is 46.1 Å². The monoisotopic (exact) mass is 464 g/mol. The average Bonchev–Trinajstić information content (AvgIpc) is 2.61. The molecule has 6 nitrogen and oxygen atoms in total. The van der Waals surface area contributed by atoms with Crippen molar-refractivity contribution in [1.82, 2.24) is 15.6 Å². The van der Waals surface area contributed by atoms with Crippen LogP contribution in [-0.4, -0.2) is 57.0 Å². The molecule has 0 fully saturated rings. The Labute approximate surface area is 169 Å². The number of rotatable bonds is 13. The summed E-state index contributed by atoms with van der Waals surface area (Å²) in [5.41, 5.74) is 1.08. The van der Waals surface area contributed by atoms with Crippen molar-refractivity contribution in [3.8, 4) is 0 Å². The van der Waals surface area contributed by atoms with Crippen LogP contribution in [-0.2, 0) is 15.9 Å². The topological polar surface area (TPSA) is 67.8 Å². The van der Waals surface area contributed by atoms with E-state index in [9.17, 15) is 0 Å². The Morgan fingerprint density at radius 1 is 1.08 bits per heavy atom. The molecule has 1 rings (SSSR count). The first-order valence-electron chi connectivity index (χ1n) is 8.94. The first-order chi connectivity index (χ1) is 11.9. The highest BCUT2D eigenvalue weighted by Gasteiger charge is 1.98. The van der Waals surface area contributed by atoms with Crippen LogP contribution >= 0.6 is 24.0 Å². The highest BCUT2D eigenvalue weighted by Crippen LogP contribution is 1.93. The lowest BCUT2D eigenvalue weighted by Gasteiger charge is -2.11. The lowest BCUT2D eigenvalue weighted by atomic mass is 10.3. The van der Waals surface area contributed by atoms with Gasteiger partial charge in [0.2, 0.25) is 0 Å². The largest absolute Gasteiger partial charge is 0.379 e. The second-order valence-electron chi connectivity index (χ2n) is 5.34. The molecular formula is C18H33IN4O2. The Hall–Kier alpha value is -0.930. The standard InChI is InChI=1S/C18H32N4O2.HI/c1-3-5-13-23-15-16-24-14-12-22-18(19-4-2)21-11-9-17-8-6-7-10-20-17;/h6-8,10H,3-5,9,11-16H2,1-2H3,(H2,19,21,22);1H. The van der Waals surface area contributed by atoms with Gasteiger partial charge >= 0.3 is 0 Å². The summed E-state index contributed by atoms with van der Waals surface area (Å²) in [5, 5.41) is 6.55. The van der Waals surface area contributed by atoms with Crippen LogP contribution in [0.4, 0.5) is 0 Å². The van der Waals surface area contributed by atoms with Gasteiger partial charge in [0.25, 0.3) is 0 Å². The van der Waals surface area contributed by atoms with Gasteiger partial charge in [-0.1, -0.05) is 19.4 Å². The Morgan fingerprint density at radius 2 is 1.88 bits per heavy atom. The van der Waals surface area contributed by atoms with Gasteiger partial charge in [0.1, 0.15) is 0 Å². The number of aliphatic imine (C=N–C) groups is 1. The minimum absolute atomic E-state index is 0. The predicted octanol–water partition coefficient (Wildman–Crippen LogP) is 2.63. The third kappa shape index (κ3) is 14.0. The minimum Gasteiger partial charge on any atom is -0.379 e. The van der Waals surface area contributed by atoms with Crippen LogP contribution in [0, 0.1) is 0 Å². The highest BCUT2D eigenvalue weighted by molar-refractivity contribution is 14.0. The molecular weight excluding hydrogens is 431 g/mol. The first-order valence-corrected chi connectivity index (χ1v) is 8.94. The van der Waals surface area contributed by atoms with E-state index in [1.54, 1.807) is 0 Å². The van der Waals surface area contributed by atoms with Gasteiger partial charge in [-0.05, 0) is 25.5 Å². The zero-order valence-corrected chi connectivity index (χ0v) is 17.8. The fraction of sp³-hybridized carbons (Fsp3) is 0.667. The molecule has 1 aromatic rings. The first kappa shape index (κ1) is 24.1. The quantitative estimate of drug-likeness (QED) is 0.203. The SMILES string of the molecule is CCCCOCCOCCN=C(NCC)NCCc1ccccn1.I. The van der Waals surface area contributed by atoms with Crippen molar-refractivity contribution in [3.05, 3.63) is 30.1 Å². The summed E-state index contributed by atoms with van der Waals surface area (Å²) < 4.78 is 11.0. The van der Waals surface area contributed by atoms with Crippen molar-refractivity contribution in [1.29, 1.82) is 0 Å². The lowest BCUT2D eigenvalue weighted by molar-refractivity contribution is 0.0497. The summed E-state index contributed by atoms with van der Waals surface area (Å²) in [6.45, 7) is 9.19. The van der Waals surface area contributed by atoms with E-state index in [-0.39, 0.29) is 24.0 Å². The fourth-order valence-electron chi connectivity index (χ4n) is 1.99. The minimum atomic E-state index is 0. The Morgan fingerprint density at radius 3 is 2.56 bits per heavy atom. The van der Waals surface area contributed by atoms with Crippen LogP contribution in [0.25, 0.3) is 0 Å². The second-order valence-corrected chi connectivity index (χ2v) is 5.34. The molecule has 0 radical (unpaired) electrons. The van der Waals surface area contributed by atoms with E-state index in [0.717, 1.165) is 50.6 Å². The summed E-state index contributed by atoms with van der Waals surface area (Å²) in [5.74, 6) is 0.816. The van der Waals surface area contributed by atoms with Crippen molar-refractivity contribution in [2.45, 2.75) is 33.1 Å². The van der Waals surface area contributed by atoms with Gasteiger partial charge in [0.05, 0.1) is 26.4 Å². The van der Waals surface area contributed by atoms with E-state index in [2.05, 4.69) is 34.5 Å². The second kappa shape index (κ2) is 17.9. The van der Waals surface area contributed by atoms with Crippen LogP contribution in [0.2, 0.25) is 0 Å². The van der Waals surface area contributed by atoms with Gasteiger partial charge in [-0.2, -0.15) is 0 Å².